The molecule has 18 heavy (non-hydrogen) atoms. The van der Waals surface area contributed by atoms with Crippen LogP contribution in [0.5, 0.6) is 0 Å². The van der Waals surface area contributed by atoms with Crippen molar-refractivity contribution >= 4 is 0 Å². The van der Waals surface area contributed by atoms with Crippen molar-refractivity contribution < 1.29 is 0 Å². The first-order valence-electron chi connectivity index (χ1n) is 6.51. The summed E-state index contributed by atoms with van der Waals surface area (Å²) in [5.74, 6) is 1.09. The van der Waals surface area contributed by atoms with Crippen LogP contribution in [0.25, 0.3) is 5.69 Å². The summed E-state index contributed by atoms with van der Waals surface area (Å²) in [7, 11) is 0. The number of imidazole rings is 1. The molecule has 1 aromatic heterocycles. The van der Waals surface area contributed by atoms with Gasteiger partial charge in [-0.2, -0.15) is 0 Å². The Morgan fingerprint density at radius 3 is 2.56 bits per heavy atom. The molecule has 94 valence electrons. The largest absolute Gasteiger partial charge is 0.311 e. The molecule has 2 aromatic rings. The number of hydrogen-bond acceptors (Lipinski definition) is 2. The first-order valence-corrected chi connectivity index (χ1v) is 6.51. The minimum absolute atomic E-state index is 0.897. The first kappa shape index (κ1) is 11.5. The second-order valence-corrected chi connectivity index (χ2v) is 5.16. The van der Waals surface area contributed by atoms with Crippen LogP contribution >= 0.6 is 0 Å². The maximum atomic E-state index is 4.69. The lowest BCUT2D eigenvalue weighted by atomic mass is 10.1. The Balaban J connectivity index is 2.19. The number of aromatic nitrogens is 2. The van der Waals surface area contributed by atoms with Crippen molar-refractivity contribution in [2.75, 3.05) is 6.54 Å². The van der Waals surface area contributed by atoms with Crippen molar-refractivity contribution in [1.29, 1.82) is 0 Å². The highest BCUT2D eigenvalue weighted by molar-refractivity contribution is 5.43. The Morgan fingerprint density at radius 1 is 1.11 bits per heavy atom. The van der Waals surface area contributed by atoms with E-state index >= 15 is 0 Å². The zero-order valence-electron chi connectivity index (χ0n) is 11.2. The second kappa shape index (κ2) is 4.25. The van der Waals surface area contributed by atoms with Crippen LogP contribution in [0.2, 0.25) is 0 Å². The van der Waals surface area contributed by atoms with Crippen molar-refractivity contribution in [2.24, 2.45) is 0 Å². The van der Waals surface area contributed by atoms with E-state index in [4.69, 9.17) is 0 Å². The second-order valence-electron chi connectivity index (χ2n) is 5.16. The number of nitrogens with zero attached hydrogens (tertiary/aromatic N) is 2. The van der Waals surface area contributed by atoms with E-state index in [1.807, 2.05) is 0 Å². The van der Waals surface area contributed by atoms with Gasteiger partial charge in [-0.15, -0.1) is 0 Å². The quantitative estimate of drug-likeness (QED) is 0.831. The average Bonchev–Trinajstić information content (AvgIpc) is 2.63. The molecule has 0 atom stereocenters. The fourth-order valence-electron chi connectivity index (χ4n) is 2.87. The van der Waals surface area contributed by atoms with Crippen LogP contribution in [0.4, 0.5) is 0 Å². The van der Waals surface area contributed by atoms with E-state index in [1.54, 1.807) is 0 Å². The Morgan fingerprint density at radius 2 is 1.83 bits per heavy atom. The molecule has 0 aliphatic carbocycles. The lowest BCUT2D eigenvalue weighted by Gasteiger charge is -2.16. The molecule has 0 amide bonds. The van der Waals surface area contributed by atoms with Crippen LogP contribution in [0.15, 0.2) is 18.2 Å². The van der Waals surface area contributed by atoms with E-state index in [1.165, 1.54) is 28.2 Å². The number of aryl methyl sites for hydroxylation is 3. The average molecular weight is 241 g/mol. The third kappa shape index (κ3) is 1.85. The summed E-state index contributed by atoms with van der Waals surface area (Å²) in [6, 6.07) is 6.69. The lowest BCUT2D eigenvalue weighted by molar-refractivity contribution is 0.620. The summed E-state index contributed by atoms with van der Waals surface area (Å²) in [4.78, 5) is 4.69. The van der Waals surface area contributed by atoms with E-state index in [-0.39, 0.29) is 0 Å². The van der Waals surface area contributed by atoms with Crippen LogP contribution in [-0.4, -0.2) is 16.1 Å². The molecule has 1 aliphatic heterocycles. The maximum absolute atomic E-state index is 4.69. The SMILES string of the molecule is Cc1cc(C)cc(-n2c(C)nc3c2CCNC3)c1. The molecular formula is C15H19N3. The maximum Gasteiger partial charge on any atom is 0.110 e. The summed E-state index contributed by atoms with van der Waals surface area (Å²) < 4.78 is 2.32. The van der Waals surface area contributed by atoms with Crippen molar-refractivity contribution in [3.8, 4) is 5.69 Å². The summed E-state index contributed by atoms with van der Waals surface area (Å²) >= 11 is 0. The number of fused-ring (bicyclic) bond motifs is 1. The van der Waals surface area contributed by atoms with Gasteiger partial charge in [-0.3, -0.25) is 0 Å². The molecule has 3 rings (SSSR count). The molecule has 1 aromatic carbocycles. The summed E-state index contributed by atoms with van der Waals surface area (Å²) in [5.41, 5.74) is 6.44. The Hall–Kier alpha value is -1.61. The summed E-state index contributed by atoms with van der Waals surface area (Å²) in [5, 5.41) is 3.38. The molecule has 0 bridgehead atoms. The van der Waals surface area contributed by atoms with E-state index in [0.29, 0.717) is 0 Å². The zero-order valence-corrected chi connectivity index (χ0v) is 11.2. The van der Waals surface area contributed by atoms with Gasteiger partial charge in [0.1, 0.15) is 5.82 Å². The van der Waals surface area contributed by atoms with Gasteiger partial charge in [0.25, 0.3) is 0 Å². The van der Waals surface area contributed by atoms with Gasteiger partial charge >= 0.3 is 0 Å². The van der Waals surface area contributed by atoms with Gasteiger partial charge in [-0.25, -0.2) is 4.98 Å². The molecule has 0 spiro atoms. The van der Waals surface area contributed by atoms with Gasteiger partial charge in [0, 0.05) is 30.9 Å². The number of nitrogens with one attached hydrogen (secondary N) is 1. The van der Waals surface area contributed by atoms with Crippen LogP contribution in [-0.2, 0) is 13.0 Å². The molecular weight excluding hydrogens is 222 g/mol. The molecule has 1 N–H and O–H groups in total. The Kier molecular flexibility index (Phi) is 2.71. The minimum Gasteiger partial charge on any atom is -0.311 e. The van der Waals surface area contributed by atoms with Crippen LogP contribution in [0.1, 0.15) is 28.3 Å². The van der Waals surface area contributed by atoms with Gasteiger partial charge < -0.3 is 9.88 Å². The standard InChI is InChI=1S/C15H19N3/c1-10-6-11(2)8-13(7-10)18-12(3)17-14-9-16-5-4-15(14)18/h6-8,16H,4-5,9H2,1-3H3. The highest BCUT2D eigenvalue weighted by Crippen LogP contribution is 2.22. The Bertz CT molecular complexity index is 576. The van der Waals surface area contributed by atoms with Gasteiger partial charge in [-0.1, -0.05) is 6.07 Å². The van der Waals surface area contributed by atoms with Crippen LogP contribution in [0, 0.1) is 20.8 Å². The minimum atomic E-state index is 0.897. The molecule has 0 fully saturated rings. The van der Waals surface area contributed by atoms with Gasteiger partial charge in [0.15, 0.2) is 0 Å². The first-order chi connectivity index (χ1) is 8.65. The van der Waals surface area contributed by atoms with E-state index in [0.717, 1.165) is 25.3 Å². The monoisotopic (exact) mass is 241 g/mol. The van der Waals surface area contributed by atoms with E-state index < -0.39 is 0 Å². The fraction of sp³-hybridized carbons (Fsp3) is 0.400. The zero-order chi connectivity index (χ0) is 12.7. The molecule has 0 unspecified atom stereocenters. The Labute approximate surface area is 108 Å². The predicted molar refractivity (Wildman–Crippen MR) is 73.2 cm³/mol. The molecule has 3 nitrogen and oxygen atoms in total. The van der Waals surface area contributed by atoms with Crippen molar-refractivity contribution in [3.63, 3.8) is 0 Å². The molecule has 1 aliphatic rings. The van der Waals surface area contributed by atoms with Gasteiger partial charge in [-0.05, 0) is 44.0 Å². The smallest absolute Gasteiger partial charge is 0.110 e. The summed E-state index contributed by atoms with van der Waals surface area (Å²) in [6.45, 7) is 8.33. The molecule has 2 heterocycles. The van der Waals surface area contributed by atoms with E-state index in [2.05, 4.69) is 53.8 Å². The molecule has 0 saturated heterocycles. The number of rotatable bonds is 1. The van der Waals surface area contributed by atoms with Crippen molar-refractivity contribution in [2.45, 2.75) is 33.7 Å². The van der Waals surface area contributed by atoms with E-state index in [9.17, 15) is 0 Å². The van der Waals surface area contributed by atoms with Crippen LogP contribution < -0.4 is 5.32 Å². The fourth-order valence-corrected chi connectivity index (χ4v) is 2.87. The third-order valence-electron chi connectivity index (χ3n) is 3.52. The number of benzene rings is 1. The molecule has 0 saturated carbocycles. The van der Waals surface area contributed by atoms with Crippen molar-refractivity contribution in [3.05, 3.63) is 46.5 Å². The normalized spacial score (nSPS) is 14.6. The summed E-state index contributed by atoms with van der Waals surface area (Å²) in [6.07, 6.45) is 1.06. The molecule has 0 radical (unpaired) electrons. The topological polar surface area (TPSA) is 29.9 Å². The predicted octanol–water partition coefficient (Wildman–Crippen LogP) is 2.44. The highest BCUT2D eigenvalue weighted by Gasteiger charge is 2.18. The molecule has 3 heteroatoms. The highest BCUT2D eigenvalue weighted by atomic mass is 15.1. The van der Waals surface area contributed by atoms with Crippen LogP contribution in [0.3, 0.4) is 0 Å². The lowest BCUT2D eigenvalue weighted by Crippen LogP contribution is -2.24. The van der Waals surface area contributed by atoms with Gasteiger partial charge in [0.05, 0.1) is 5.69 Å². The van der Waals surface area contributed by atoms with Gasteiger partial charge in [0.2, 0.25) is 0 Å². The van der Waals surface area contributed by atoms with Crippen molar-refractivity contribution in [1.82, 2.24) is 14.9 Å². The third-order valence-corrected chi connectivity index (χ3v) is 3.52. The number of hydrogen-bond donors (Lipinski definition) is 1.